The van der Waals surface area contributed by atoms with Crippen molar-refractivity contribution in [1.82, 2.24) is 19.8 Å². The first-order valence-corrected chi connectivity index (χ1v) is 13.0. The highest BCUT2D eigenvalue weighted by Crippen LogP contribution is 2.26. The predicted molar refractivity (Wildman–Crippen MR) is 139 cm³/mol. The molecule has 1 aliphatic carbocycles. The van der Waals surface area contributed by atoms with Gasteiger partial charge in [0.2, 0.25) is 11.8 Å². The Morgan fingerprint density at radius 1 is 1.06 bits per heavy atom. The molecule has 3 unspecified atom stereocenters. The van der Waals surface area contributed by atoms with Gasteiger partial charge in [-0.2, -0.15) is 0 Å². The number of aromatic nitrogens is 2. The largest absolute Gasteiger partial charge is 0.350 e. The lowest BCUT2D eigenvalue weighted by molar-refractivity contribution is -0.142. The summed E-state index contributed by atoms with van der Waals surface area (Å²) in [5.74, 6) is -0.179. The molecule has 3 aromatic rings. The van der Waals surface area contributed by atoms with E-state index in [0.717, 1.165) is 42.6 Å². The van der Waals surface area contributed by atoms with Crippen LogP contribution in [0.3, 0.4) is 0 Å². The molecule has 36 heavy (non-hydrogen) atoms. The smallest absolute Gasteiger partial charge is 0.243 e. The first kappa shape index (κ1) is 24.3. The number of nitrogens with two attached hydrogens (primary N) is 1. The van der Waals surface area contributed by atoms with E-state index in [-0.39, 0.29) is 30.3 Å². The van der Waals surface area contributed by atoms with Crippen molar-refractivity contribution in [1.29, 1.82) is 0 Å². The molecule has 0 bridgehead atoms. The average molecular weight is 486 g/mol. The number of carbonyl (C=O) groups is 2. The summed E-state index contributed by atoms with van der Waals surface area (Å²) in [5.41, 5.74) is 11.6. The van der Waals surface area contributed by atoms with Crippen LogP contribution in [0.2, 0.25) is 0 Å². The molecule has 1 saturated carbocycles. The normalized spacial score (nSPS) is 21.6. The second-order valence-corrected chi connectivity index (χ2v) is 10.2. The van der Waals surface area contributed by atoms with Crippen LogP contribution in [0.1, 0.15) is 53.8 Å². The Kier molecular flexibility index (Phi) is 7.18. The molecule has 2 heterocycles. The van der Waals surface area contributed by atoms with Crippen LogP contribution in [0.15, 0.2) is 60.9 Å². The number of hydrogen-bond donors (Lipinski definition) is 2. The van der Waals surface area contributed by atoms with Crippen molar-refractivity contribution in [2.24, 2.45) is 5.73 Å². The van der Waals surface area contributed by atoms with Crippen molar-refractivity contribution < 1.29 is 9.59 Å². The van der Waals surface area contributed by atoms with E-state index in [9.17, 15) is 9.59 Å². The van der Waals surface area contributed by atoms with Gasteiger partial charge in [-0.05, 0) is 36.5 Å². The molecule has 1 fully saturated rings. The number of hydrogen-bond acceptors (Lipinski definition) is 4. The number of aryl methyl sites for hydroxylation is 1. The van der Waals surface area contributed by atoms with Crippen molar-refractivity contribution in [2.75, 3.05) is 0 Å². The van der Waals surface area contributed by atoms with Gasteiger partial charge < -0.3 is 20.5 Å². The number of rotatable bonds is 6. The number of amides is 2. The van der Waals surface area contributed by atoms with Gasteiger partial charge in [0.15, 0.2) is 0 Å². The van der Waals surface area contributed by atoms with E-state index in [1.54, 1.807) is 4.90 Å². The van der Waals surface area contributed by atoms with E-state index >= 15 is 0 Å². The molecule has 5 rings (SSSR count). The lowest BCUT2D eigenvalue weighted by Crippen LogP contribution is -2.58. The molecule has 188 valence electrons. The van der Waals surface area contributed by atoms with E-state index in [0.29, 0.717) is 19.5 Å². The first-order chi connectivity index (χ1) is 17.5. The van der Waals surface area contributed by atoms with Crippen molar-refractivity contribution in [3.63, 3.8) is 0 Å². The van der Waals surface area contributed by atoms with Crippen LogP contribution in [0.5, 0.6) is 0 Å². The van der Waals surface area contributed by atoms with Crippen LogP contribution >= 0.6 is 0 Å². The number of benzene rings is 2. The minimum absolute atomic E-state index is 0.0383. The molecule has 0 saturated heterocycles. The zero-order valence-electron chi connectivity index (χ0n) is 20.9. The number of nitrogens with one attached hydrogen (secondary N) is 1. The fourth-order valence-electron chi connectivity index (χ4n) is 5.46. The monoisotopic (exact) mass is 485 g/mol. The second kappa shape index (κ2) is 10.7. The van der Waals surface area contributed by atoms with Crippen LogP contribution < -0.4 is 11.1 Å². The Morgan fingerprint density at radius 2 is 1.81 bits per heavy atom. The molecule has 1 aliphatic heterocycles. The van der Waals surface area contributed by atoms with Gasteiger partial charge in [0.25, 0.3) is 0 Å². The van der Waals surface area contributed by atoms with Crippen LogP contribution in [0, 0.1) is 6.92 Å². The zero-order valence-corrected chi connectivity index (χ0v) is 20.9. The van der Waals surface area contributed by atoms with Gasteiger partial charge in [-0.3, -0.25) is 9.59 Å². The number of fused-ring (bicyclic) bond motifs is 1. The fraction of sp³-hybridized carbons (Fsp3) is 0.414. The van der Waals surface area contributed by atoms with E-state index in [2.05, 4.69) is 33.9 Å². The molecule has 1 aromatic heterocycles. The molecule has 2 amide bonds. The van der Waals surface area contributed by atoms with Crippen molar-refractivity contribution >= 4 is 11.8 Å². The summed E-state index contributed by atoms with van der Waals surface area (Å²) in [6, 6.07) is 17.3. The van der Waals surface area contributed by atoms with Gasteiger partial charge in [0.05, 0.1) is 30.7 Å². The van der Waals surface area contributed by atoms with Gasteiger partial charge in [-0.15, -0.1) is 0 Å². The fourth-order valence-corrected chi connectivity index (χ4v) is 5.46. The van der Waals surface area contributed by atoms with Gasteiger partial charge in [-0.1, -0.05) is 67.4 Å². The third kappa shape index (κ3) is 5.21. The maximum atomic E-state index is 13.6. The summed E-state index contributed by atoms with van der Waals surface area (Å²) in [6.07, 6.45) is 6.47. The number of nitrogens with zero attached hydrogens (tertiary/aromatic N) is 3. The molecule has 0 spiro atoms. The van der Waals surface area contributed by atoms with Crippen molar-refractivity contribution in [2.45, 2.75) is 76.7 Å². The summed E-state index contributed by atoms with van der Waals surface area (Å²) in [6.45, 7) is 3.15. The van der Waals surface area contributed by atoms with Crippen LogP contribution in [0.4, 0.5) is 0 Å². The Bertz CT molecular complexity index is 1220. The number of carbonyl (C=O) groups excluding carboxylic acids is 2. The Labute approximate surface area is 212 Å². The maximum absolute atomic E-state index is 13.6. The van der Waals surface area contributed by atoms with Crippen molar-refractivity contribution in [3.05, 3.63) is 89.0 Å². The molecular formula is C29H35N5O2. The summed E-state index contributed by atoms with van der Waals surface area (Å²) >= 11 is 0. The molecule has 3 atom stereocenters. The highest BCUT2D eigenvalue weighted by atomic mass is 16.2. The zero-order chi connectivity index (χ0) is 25.1. The van der Waals surface area contributed by atoms with E-state index in [1.165, 1.54) is 11.1 Å². The second-order valence-electron chi connectivity index (χ2n) is 10.2. The Hall–Kier alpha value is -3.45. The molecule has 2 aromatic carbocycles. The third-order valence-corrected chi connectivity index (χ3v) is 7.69. The quantitative estimate of drug-likeness (QED) is 0.561. The van der Waals surface area contributed by atoms with E-state index in [1.807, 2.05) is 48.8 Å². The van der Waals surface area contributed by atoms with Gasteiger partial charge in [-0.25, -0.2) is 4.98 Å². The van der Waals surface area contributed by atoms with Crippen molar-refractivity contribution in [3.8, 4) is 0 Å². The minimum Gasteiger partial charge on any atom is -0.350 e. The lowest BCUT2D eigenvalue weighted by atomic mass is 9.90. The summed E-state index contributed by atoms with van der Waals surface area (Å²) in [5, 5.41) is 3.18. The number of imidazole rings is 1. The first-order valence-electron chi connectivity index (χ1n) is 13.0. The van der Waals surface area contributed by atoms with Gasteiger partial charge >= 0.3 is 0 Å². The predicted octanol–water partition coefficient (Wildman–Crippen LogP) is 3.12. The highest BCUT2D eigenvalue weighted by molar-refractivity contribution is 5.89. The van der Waals surface area contributed by atoms with Gasteiger partial charge in [0, 0.05) is 25.0 Å². The van der Waals surface area contributed by atoms with Gasteiger partial charge in [0.1, 0.15) is 6.04 Å². The lowest BCUT2D eigenvalue weighted by Gasteiger charge is -2.37. The van der Waals surface area contributed by atoms with Crippen LogP contribution in [-0.4, -0.2) is 44.4 Å². The SMILES string of the molecule is Cc1ccccc1Cn1cnc2c1CN(C(=O)Cc1ccccc1)C(C(=O)NC1CCCCC1N)C2. The van der Waals surface area contributed by atoms with Crippen LogP contribution in [-0.2, 0) is 35.5 Å². The third-order valence-electron chi connectivity index (χ3n) is 7.69. The molecular weight excluding hydrogens is 450 g/mol. The van der Waals surface area contributed by atoms with E-state index in [4.69, 9.17) is 5.73 Å². The highest BCUT2D eigenvalue weighted by Gasteiger charge is 2.38. The Balaban J connectivity index is 1.41. The summed E-state index contributed by atoms with van der Waals surface area (Å²) in [7, 11) is 0. The maximum Gasteiger partial charge on any atom is 0.243 e. The summed E-state index contributed by atoms with van der Waals surface area (Å²) in [4.78, 5) is 33.5. The van der Waals surface area contributed by atoms with E-state index < -0.39 is 6.04 Å². The molecule has 7 nitrogen and oxygen atoms in total. The molecule has 0 radical (unpaired) electrons. The van der Waals surface area contributed by atoms with Crippen LogP contribution in [0.25, 0.3) is 0 Å². The Morgan fingerprint density at radius 3 is 2.58 bits per heavy atom. The molecule has 3 N–H and O–H groups in total. The molecule has 7 heteroatoms. The minimum atomic E-state index is -0.593. The molecule has 2 aliphatic rings. The topological polar surface area (TPSA) is 93.2 Å². The average Bonchev–Trinajstić information content (AvgIpc) is 3.28. The standard InChI is InChI=1S/C29H35N5O2/c1-20-9-5-6-12-22(20)17-33-19-31-25-16-26(29(36)32-24-14-8-7-13-23(24)30)34(18-27(25)33)28(35)15-21-10-3-2-4-11-21/h2-6,9-12,19,23-24,26H,7-8,13-18,30H2,1H3,(H,32,36). The summed E-state index contributed by atoms with van der Waals surface area (Å²) < 4.78 is 2.12.